The van der Waals surface area contributed by atoms with Gasteiger partial charge in [0.25, 0.3) is 0 Å². The number of hydrogen-bond donors (Lipinski definition) is 1. The zero-order chi connectivity index (χ0) is 22.7. The van der Waals surface area contributed by atoms with Crippen molar-refractivity contribution in [2.75, 3.05) is 58.5 Å². The molecular formula is C24H34N6O2. The normalized spacial score (nSPS) is 17.4. The number of anilines is 1. The van der Waals surface area contributed by atoms with E-state index >= 15 is 0 Å². The molecule has 1 saturated heterocycles. The van der Waals surface area contributed by atoms with Crippen molar-refractivity contribution in [1.29, 1.82) is 0 Å². The van der Waals surface area contributed by atoms with Crippen molar-refractivity contribution in [2.45, 2.75) is 32.2 Å². The second-order valence-corrected chi connectivity index (χ2v) is 9.39. The molecule has 1 N–H and O–H groups in total. The van der Waals surface area contributed by atoms with Crippen molar-refractivity contribution in [2.24, 2.45) is 0 Å². The summed E-state index contributed by atoms with van der Waals surface area (Å²) in [5.41, 5.74) is 2.52. The first-order valence-electron chi connectivity index (χ1n) is 11.2. The van der Waals surface area contributed by atoms with Crippen LogP contribution in [0.15, 0.2) is 30.6 Å². The van der Waals surface area contributed by atoms with Crippen LogP contribution in [0.4, 0.5) is 5.82 Å². The third kappa shape index (κ3) is 4.92. The van der Waals surface area contributed by atoms with E-state index in [4.69, 9.17) is 19.4 Å². The Kier molecular flexibility index (Phi) is 6.74. The minimum absolute atomic E-state index is 0.253. The predicted octanol–water partition coefficient (Wildman–Crippen LogP) is 3.10. The molecule has 0 saturated carbocycles. The molecule has 1 aliphatic heterocycles. The molecule has 1 fully saturated rings. The molecule has 3 aromatic rings. The van der Waals surface area contributed by atoms with E-state index in [9.17, 15) is 0 Å². The third-order valence-corrected chi connectivity index (χ3v) is 5.91. The maximum atomic E-state index is 6.02. The van der Waals surface area contributed by atoms with E-state index in [0.29, 0.717) is 32.3 Å². The molecule has 8 heteroatoms. The van der Waals surface area contributed by atoms with Crippen LogP contribution in [0.1, 0.15) is 26.5 Å². The maximum Gasteiger partial charge on any atom is 0.162 e. The summed E-state index contributed by atoms with van der Waals surface area (Å²) in [6, 6.07) is 6.39. The Morgan fingerprint density at radius 1 is 1.28 bits per heavy atom. The lowest BCUT2D eigenvalue weighted by atomic mass is 9.89. The molecule has 0 radical (unpaired) electrons. The van der Waals surface area contributed by atoms with Gasteiger partial charge in [-0.2, -0.15) is 0 Å². The summed E-state index contributed by atoms with van der Waals surface area (Å²) < 4.78 is 11.7. The monoisotopic (exact) mass is 438 g/mol. The van der Waals surface area contributed by atoms with Crippen molar-refractivity contribution in [1.82, 2.24) is 24.8 Å². The highest BCUT2D eigenvalue weighted by molar-refractivity contribution is 5.91. The number of ether oxygens (including phenoxy) is 2. The number of rotatable bonds is 8. The fraction of sp³-hybridized carbons (Fsp3) is 0.542. The summed E-state index contributed by atoms with van der Waals surface area (Å²) >= 11 is 0. The van der Waals surface area contributed by atoms with Crippen LogP contribution in [0.2, 0.25) is 0 Å². The van der Waals surface area contributed by atoms with Crippen LogP contribution in [-0.4, -0.2) is 84.5 Å². The molecule has 8 nitrogen and oxygen atoms in total. The SMILES string of the molecule is C[C@@H]1COCCN1c1cc(C(C)(C)COCCN(C)C)nc(-c2ccnc3[nH]ccc23)n1. The van der Waals surface area contributed by atoms with Gasteiger partial charge in [-0.25, -0.2) is 15.0 Å². The van der Waals surface area contributed by atoms with Gasteiger partial charge in [0.2, 0.25) is 0 Å². The zero-order valence-corrected chi connectivity index (χ0v) is 19.8. The van der Waals surface area contributed by atoms with Crippen molar-refractivity contribution in [3.63, 3.8) is 0 Å². The smallest absolute Gasteiger partial charge is 0.162 e. The Morgan fingerprint density at radius 3 is 2.91 bits per heavy atom. The minimum atomic E-state index is -0.265. The van der Waals surface area contributed by atoms with Crippen LogP contribution >= 0.6 is 0 Å². The molecule has 0 amide bonds. The molecule has 3 aromatic heterocycles. The molecule has 172 valence electrons. The minimum Gasteiger partial charge on any atom is -0.379 e. The Balaban J connectivity index is 1.73. The van der Waals surface area contributed by atoms with Gasteiger partial charge in [0.15, 0.2) is 5.82 Å². The zero-order valence-electron chi connectivity index (χ0n) is 19.8. The average Bonchev–Trinajstić information content (AvgIpc) is 3.26. The standard InChI is InChI=1S/C24H34N6O2/c1-17-15-31-13-11-30(17)21-14-20(24(2,3)16-32-12-10-29(4)5)27-23(28-21)19-7-9-26-22-18(19)6-8-25-22/h6-9,14,17H,10-13,15-16H2,1-5H3,(H,25,26)/t17-/m1/s1. The second-order valence-electron chi connectivity index (χ2n) is 9.39. The molecular weight excluding hydrogens is 404 g/mol. The number of fused-ring (bicyclic) bond motifs is 1. The Bertz CT molecular complexity index is 1050. The van der Waals surface area contributed by atoms with Crippen LogP contribution in [0.3, 0.4) is 0 Å². The number of nitrogens with zero attached hydrogens (tertiary/aromatic N) is 5. The lowest BCUT2D eigenvalue weighted by molar-refractivity contribution is 0.0817. The summed E-state index contributed by atoms with van der Waals surface area (Å²) in [6.07, 6.45) is 3.70. The molecule has 1 aliphatic rings. The second kappa shape index (κ2) is 9.52. The lowest BCUT2D eigenvalue weighted by Crippen LogP contribution is -2.44. The summed E-state index contributed by atoms with van der Waals surface area (Å²) in [6.45, 7) is 10.9. The quantitative estimate of drug-likeness (QED) is 0.541. The van der Waals surface area contributed by atoms with Crippen molar-refractivity contribution >= 4 is 16.9 Å². The first-order valence-corrected chi connectivity index (χ1v) is 11.2. The topological polar surface area (TPSA) is 79.4 Å². The highest BCUT2D eigenvalue weighted by atomic mass is 16.5. The summed E-state index contributed by atoms with van der Waals surface area (Å²) in [5.74, 6) is 1.65. The molecule has 0 bridgehead atoms. The summed E-state index contributed by atoms with van der Waals surface area (Å²) in [5, 5.41) is 1.02. The lowest BCUT2D eigenvalue weighted by Gasteiger charge is -2.35. The van der Waals surface area contributed by atoms with Gasteiger partial charge < -0.3 is 24.3 Å². The van der Waals surface area contributed by atoms with E-state index in [1.54, 1.807) is 6.20 Å². The summed E-state index contributed by atoms with van der Waals surface area (Å²) in [4.78, 5) is 22.1. The van der Waals surface area contributed by atoms with Gasteiger partial charge in [-0.15, -0.1) is 0 Å². The van der Waals surface area contributed by atoms with Crippen LogP contribution in [0.25, 0.3) is 22.4 Å². The Hall–Kier alpha value is -2.55. The predicted molar refractivity (Wildman–Crippen MR) is 127 cm³/mol. The van der Waals surface area contributed by atoms with Gasteiger partial charge in [-0.3, -0.25) is 0 Å². The number of aromatic amines is 1. The largest absolute Gasteiger partial charge is 0.379 e. The van der Waals surface area contributed by atoms with Crippen LogP contribution in [0.5, 0.6) is 0 Å². The molecule has 0 unspecified atom stereocenters. The van der Waals surface area contributed by atoms with Gasteiger partial charge in [0.1, 0.15) is 11.5 Å². The van der Waals surface area contributed by atoms with Crippen molar-refractivity contribution in [3.8, 4) is 11.4 Å². The van der Waals surface area contributed by atoms with E-state index in [1.165, 1.54) is 0 Å². The first kappa shape index (κ1) is 22.6. The van der Waals surface area contributed by atoms with Gasteiger partial charge in [-0.05, 0) is 33.2 Å². The number of aromatic nitrogens is 4. The highest BCUT2D eigenvalue weighted by Gasteiger charge is 2.28. The first-order chi connectivity index (χ1) is 15.3. The number of hydrogen-bond acceptors (Lipinski definition) is 7. The molecule has 32 heavy (non-hydrogen) atoms. The van der Waals surface area contributed by atoms with Gasteiger partial charge in [0.05, 0.1) is 38.2 Å². The number of pyridine rings is 1. The molecule has 0 aliphatic carbocycles. The number of morpholine rings is 1. The van der Waals surface area contributed by atoms with Crippen LogP contribution in [0, 0.1) is 0 Å². The Morgan fingerprint density at radius 2 is 2.12 bits per heavy atom. The van der Waals surface area contributed by atoms with Crippen LogP contribution in [-0.2, 0) is 14.9 Å². The van der Waals surface area contributed by atoms with E-state index in [2.05, 4.69) is 60.7 Å². The fourth-order valence-corrected chi connectivity index (χ4v) is 3.92. The molecule has 0 aromatic carbocycles. The highest BCUT2D eigenvalue weighted by Crippen LogP contribution is 2.31. The van der Waals surface area contributed by atoms with Gasteiger partial charge in [-0.1, -0.05) is 13.8 Å². The van der Waals surface area contributed by atoms with E-state index in [1.807, 2.05) is 18.3 Å². The number of likely N-dealkylation sites (N-methyl/N-ethyl adjacent to an activating group) is 1. The molecule has 0 spiro atoms. The maximum absolute atomic E-state index is 6.02. The van der Waals surface area contributed by atoms with Crippen LogP contribution < -0.4 is 4.90 Å². The third-order valence-electron chi connectivity index (χ3n) is 5.91. The molecule has 1 atom stereocenters. The Labute approximate surface area is 190 Å². The fourth-order valence-electron chi connectivity index (χ4n) is 3.92. The number of nitrogens with one attached hydrogen (secondary N) is 1. The van der Waals surface area contributed by atoms with Crippen molar-refractivity contribution in [3.05, 3.63) is 36.3 Å². The number of H-pyrrole nitrogens is 1. The van der Waals surface area contributed by atoms with E-state index in [-0.39, 0.29) is 11.5 Å². The van der Waals surface area contributed by atoms with Crippen molar-refractivity contribution < 1.29 is 9.47 Å². The van der Waals surface area contributed by atoms with Gasteiger partial charge in [0, 0.05) is 47.9 Å². The molecule has 4 heterocycles. The van der Waals surface area contributed by atoms with E-state index in [0.717, 1.165) is 41.2 Å². The average molecular weight is 439 g/mol. The summed E-state index contributed by atoms with van der Waals surface area (Å²) in [7, 11) is 4.11. The van der Waals surface area contributed by atoms with E-state index < -0.39 is 0 Å². The van der Waals surface area contributed by atoms with Gasteiger partial charge >= 0.3 is 0 Å². The molecule has 4 rings (SSSR count).